The second kappa shape index (κ2) is 18.3. The minimum atomic E-state index is -0.935. The van der Waals surface area contributed by atoms with Gasteiger partial charge in [0.1, 0.15) is 25.4 Å². The third-order valence-electron chi connectivity index (χ3n) is 8.16. The third kappa shape index (κ3) is 11.6. The van der Waals surface area contributed by atoms with Crippen molar-refractivity contribution in [2.75, 3.05) is 53.1 Å². The molecule has 2 saturated heterocycles. The molecule has 0 radical (unpaired) electrons. The number of ether oxygens (including phenoxy) is 4. The molecule has 2 fully saturated rings. The van der Waals surface area contributed by atoms with Crippen LogP contribution in [-0.4, -0.2) is 115 Å². The highest BCUT2D eigenvalue weighted by Crippen LogP contribution is 2.41. The number of fused-ring (bicyclic) bond motifs is 2. The van der Waals surface area contributed by atoms with E-state index in [-0.39, 0.29) is 41.5 Å². The van der Waals surface area contributed by atoms with Crippen LogP contribution < -0.4 is 0 Å². The number of carbonyl (C=O) groups is 4. The summed E-state index contributed by atoms with van der Waals surface area (Å²) in [6, 6.07) is 6.82. The lowest BCUT2D eigenvalue weighted by Crippen LogP contribution is -2.47. The number of esters is 2. The highest BCUT2D eigenvalue weighted by molar-refractivity contribution is 5.99. The number of amides is 1. The number of hydrogen-bond donors (Lipinski definition) is 2. The summed E-state index contributed by atoms with van der Waals surface area (Å²) in [5.41, 5.74) is 5.82. The maximum Gasteiger partial charge on any atom is 0.333 e. The number of nitrogens with one attached hydrogen (secondary N) is 1. The molecule has 1 aromatic heterocycles. The number of carbonyl (C=O) groups excluding carboxylic acids is 3. The minimum absolute atomic E-state index is 0.0445. The van der Waals surface area contributed by atoms with E-state index in [0.717, 1.165) is 32.1 Å². The first kappa shape index (κ1) is 38.9. The molecule has 266 valence electrons. The first-order chi connectivity index (χ1) is 23.3. The van der Waals surface area contributed by atoms with E-state index in [0.29, 0.717) is 38.0 Å². The van der Waals surface area contributed by atoms with Gasteiger partial charge in [-0.3, -0.25) is 9.69 Å². The van der Waals surface area contributed by atoms with Crippen LogP contribution in [0.15, 0.2) is 67.4 Å². The van der Waals surface area contributed by atoms with E-state index < -0.39 is 5.97 Å². The van der Waals surface area contributed by atoms with E-state index in [4.69, 9.17) is 19.3 Å². The van der Waals surface area contributed by atoms with Gasteiger partial charge in [-0.25, -0.2) is 14.4 Å². The second-order valence-electron chi connectivity index (χ2n) is 12.1. The first-order valence-corrected chi connectivity index (χ1v) is 16.3. The van der Waals surface area contributed by atoms with Crippen molar-refractivity contribution >= 4 is 40.3 Å². The molecule has 0 bridgehead atoms. The van der Waals surface area contributed by atoms with Crippen molar-refractivity contribution in [1.29, 1.82) is 0 Å². The zero-order valence-electron chi connectivity index (χ0n) is 29.2. The van der Waals surface area contributed by atoms with Crippen molar-refractivity contribution < 1.29 is 43.2 Å². The van der Waals surface area contributed by atoms with E-state index in [1.165, 1.54) is 34.5 Å². The van der Waals surface area contributed by atoms with Gasteiger partial charge >= 0.3 is 17.9 Å². The summed E-state index contributed by atoms with van der Waals surface area (Å²) < 4.78 is 19.0. The molecule has 4 atom stereocenters. The summed E-state index contributed by atoms with van der Waals surface area (Å²) in [4.78, 5) is 51.2. The molecule has 49 heavy (non-hydrogen) atoms. The lowest BCUT2D eigenvalue weighted by Gasteiger charge is -2.40. The molecule has 6 rings (SSSR count). The highest BCUT2D eigenvalue weighted by atomic mass is 16.6. The van der Waals surface area contributed by atoms with E-state index in [1.807, 2.05) is 4.90 Å². The fourth-order valence-corrected chi connectivity index (χ4v) is 5.23. The van der Waals surface area contributed by atoms with Crippen LogP contribution in [0.25, 0.3) is 16.5 Å². The Kier molecular flexibility index (Phi) is 14.5. The fourth-order valence-electron chi connectivity index (χ4n) is 5.23. The van der Waals surface area contributed by atoms with Crippen molar-refractivity contribution in [2.45, 2.75) is 52.4 Å². The van der Waals surface area contributed by atoms with Gasteiger partial charge in [0, 0.05) is 60.0 Å². The van der Waals surface area contributed by atoms with Crippen molar-refractivity contribution in [2.24, 2.45) is 5.92 Å². The molecule has 4 aliphatic rings. The summed E-state index contributed by atoms with van der Waals surface area (Å²) in [5.74, 6) is -1.45. The van der Waals surface area contributed by atoms with E-state index in [9.17, 15) is 19.2 Å². The average molecular weight is 680 g/mol. The molecule has 2 aromatic rings. The number of likely N-dealkylation sites (N-methyl/N-ethyl adjacent to an activating group) is 1. The number of hydrogen-bond acceptors (Lipinski definition) is 9. The molecule has 12 nitrogen and oxygen atoms in total. The Morgan fingerprint density at radius 1 is 1.04 bits per heavy atom. The average Bonchev–Trinajstić information content (AvgIpc) is 4.03. The Balaban J connectivity index is 0.000000214. The van der Waals surface area contributed by atoms with Crippen LogP contribution >= 0.6 is 0 Å². The highest BCUT2D eigenvalue weighted by Gasteiger charge is 2.36. The van der Waals surface area contributed by atoms with Crippen LogP contribution in [0.3, 0.4) is 0 Å². The molecule has 3 aliphatic heterocycles. The summed E-state index contributed by atoms with van der Waals surface area (Å²) in [6.07, 6.45) is 6.84. The van der Waals surface area contributed by atoms with Crippen LogP contribution in [0, 0.1) is 5.92 Å². The lowest BCUT2D eigenvalue weighted by atomic mass is 9.79. The van der Waals surface area contributed by atoms with Gasteiger partial charge in [-0.15, -0.1) is 0 Å². The van der Waals surface area contributed by atoms with Gasteiger partial charge in [-0.05, 0) is 63.9 Å². The first-order valence-electron chi connectivity index (χ1n) is 16.3. The molecule has 0 spiro atoms. The van der Waals surface area contributed by atoms with Crippen molar-refractivity contribution in [3.63, 3.8) is 0 Å². The van der Waals surface area contributed by atoms with E-state index in [1.54, 1.807) is 6.92 Å². The van der Waals surface area contributed by atoms with Crippen LogP contribution in [0.2, 0.25) is 0 Å². The van der Waals surface area contributed by atoms with Gasteiger partial charge in [-0.2, -0.15) is 0 Å². The predicted octanol–water partition coefficient (Wildman–Crippen LogP) is 4.17. The Hall–Kier alpha value is -4.52. The van der Waals surface area contributed by atoms with Crippen LogP contribution in [0.5, 0.6) is 0 Å². The third-order valence-corrected chi connectivity index (χ3v) is 8.16. The fraction of sp³-hybridized carbons (Fsp3) is 0.459. The Bertz CT molecular complexity index is 1550. The SMILES string of the molecule is C=C(C)C(=O)O.C=C(C)C(=O)OCC1CO1.C=CC(=O)OCC1CO1.CCN(CC)C(=O)[C@@H]1C=C2c3cccc4[nH]cc(c34)C[C@H]2N(C)C1. The largest absolute Gasteiger partial charge is 0.478 e. The Labute approximate surface area is 288 Å². The summed E-state index contributed by atoms with van der Waals surface area (Å²) >= 11 is 0. The van der Waals surface area contributed by atoms with Crippen molar-refractivity contribution in [3.05, 3.63) is 78.6 Å². The molecular weight excluding hydrogens is 630 g/mol. The zero-order valence-corrected chi connectivity index (χ0v) is 29.2. The van der Waals surface area contributed by atoms with Crippen LogP contribution in [0.1, 0.15) is 38.8 Å². The maximum atomic E-state index is 12.9. The molecule has 1 aromatic carbocycles. The topological polar surface area (TPSA) is 154 Å². The van der Waals surface area contributed by atoms with Gasteiger partial charge < -0.3 is 33.9 Å². The number of aromatic amines is 1. The van der Waals surface area contributed by atoms with Gasteiger partial charge in [-0.1, -0.05) is 37.9 Å². The number of aliphatic carboxylic acids is 1. The van der Waals surface area contributed by atoms with Crippen LogP contribution in [-0.2, 0) is 44.5 Å². The summed E-state index contributed by atoms with van der Waals surface area (Å²) in [7, 11) is 2.15. The number of aromatic nitrogens is 1. The van der Waals surface area contributed by atoms with Gasteiger partial charge in [0.05, 0.1) is 19.1 Å². The lowest BCUT2D eigenvalue weighted by molar-refractivity contribution is -0.139. The van der Waals surface area contributed by atoms with E-state index in [2.05, 4.69) is 85.7 Å². The zero-order chi connectivity index (χ0) is 36.2. The smallest absolute Gasteiger partial charge is 0.333 e. The molecular formula is C37H49N3O9. The number of epoxide rings is 2. The molecule has 2 unspecified atom stereocenters. The summed E-state index contributed by atoms with van der Waals surface area (Å²) in [6.45, 7) is 21.5. The van der Waals surface area contributed by atoms with Crippen LogP contribution in [0.4, 0.5) is 0 Å². The number of nitrogens with zero attached hydrogens (tertiary/aromatic N) is 2. The number of H-pyrrole nitrogens is 1. The Morgan fingerprint density at radius 2 is 1.63 bits per heavy atom. The van der Waals surface area contributed by atoms with E-state index >= 15 is 0 Å². The molecule has 0 saturated carbocycles. The normalized spacial score (nSPS) is 20.9. The number of rotatable bonds is 10. The number of carboxylic acids is 1. The maximum absolute atomic E-state index is 12.9. The molecule has 1 amide bonds. The van der Waals surface area contributed by atoms with Gasteiger partial charge in [0.25, 0.3) is 0 Å². The van der Waals surface area contributed by atoms with Crippen molar-refractivity contribution in [1.82, 2.24) is 14.8 Å². The predicted molar refractivity (Wildman–Crippen MR) is 187 cm³/mol. The minimum Gasteiger partial charge on any atom is -0.478 e. The monoisotopic (exact) mass is 679 g/mol. The van der Waals surface area contributed by atoms with Gasteiger partial charge in [0.15, 0.2) is 0 Å². The summed E-state index contributed by atoms with van der Waals surface area (Å²) in [5, 5.41) is 9.23. The molecule has 1 aliphatic carbocycles. The van der Waals surface area contributed by atoms with Crippen molar-refractivity contribution in [3.8, 4) is 0 Å². The second-order valence-corrected chi connectivity index (χ2v) is 12.1. The molecule has 12 heteroatoms. The molecule has 4 heterocycles. The number of benzene rings is 1. The Morgan fingerprint density at radius 3 is 2.14 bits per heavy atom. The standard InChI is InChI=1S/C20H25N3O.C7H10O3.C6H8O3.C4H6O2/c1-4-23(5-2)20(24)14-9-16-15-7-6-8-17-19(15)13(11-21-17)10-18(16)22(3)12-14;1-5(2)7(8)10-4-6-3-9-6;1-2-6(7)9-4-5-3-8-5;1-3(2)4(5)6/h6-9,11,14,18,21H,4-5,10,12H2,1-3H3;6H,1,3-4H2,2H3;2,5H,1,3-4H2;1H2,2H3,(H,5,6)/t14-,18-;;;/m1.../s1. The van der Waals surface area contributed by atoms with Gasteiger partial charge in [0.2, 0.25) is 5.91 Å². The quantitative estimate of drug-likeness (QED) is 0.213. The number of carboxylic acid groups (broad SMARTS) is 1. The molecule has 2 N–H and O–H groups in total.